The van der Waals surface area contributed by atoms with Gasteiger partial charge in [-0.25, -0.2) is 4.79 Å². The first kappa shape index (κ1) is 24.4. The Balaban J connectivity index is 0.000000339. The quantitative estimate of drug-likeness (QED) is 0.691. The Morgan fingerprint density at radius 1 is 1.26 bits per heavy atom. The van der Waals surface area contributed by atoms with Crippen molar-refractivity contribution in [3.05, 3.63) is 21.9 Å². The molecule has 3 aliphatic heterocycles. The smallest absolute Gasteiger partial charge is 0.475 e. The van der Waals surface area contributed by atoms with Gasteiger partial charge < -0.3 is 19.3 Å². The van der Waals surface area contributed by atoms with E-state index in [0.29, 0.717) is 11.8 Å². The molecule has 1 aromatic heterocycles. The zero-order valence-corrected chi connectivity index (χ0v) is 18.5. The molecule has 0 amide bonds. The largest absolute Gasteiger partial charge is 0.490 e. The van der Waals surface area contributed by atoms with Gasteiger partial charge in [0.1, 0.15) is 0 Å². The number of aryl methyl sites for hydroxylation is 1. The first-order valence-corrected chi connectivity index (χ1v) is 11.4. The molecule has 176 valence electrons. The molecule has 0 aromatic carbocycles. The van der Waals surface area contributed by atoms with E-state index in [0.717, 1.165) is 71.9 Å². The third-order valence-corrected chi connectivity index (χ3v) is 7.18. The molecule has 3 fully saturated rings. The predicted octanol–water partition coefficient (Wildman–Crippen LogP) is 3.72. The van der Waals surface area contributed by atoms with Gasteiger partial charge >= 0.3 is 12.1 Å². The molecular formula is C21H30F3NO5S. The fourth-order valence-electron chi connectivity index (χ4n) is 4.25. The summed E-state index contributed by atoms with van der Waals surface area (Å²) < 4.78 is 49.4. The number of aliphatic carboxylic acids is 1. The van der Waals surface area contributed by atoms with Gasteiger partial charge in [-0.05, 0) is 49.1 Å². The van der Waals surface area contributed by atoms with Crippen molar-refractivity contribution in [2.75, 3.05) is 46.1 Å². The molecule has 0 bridgehead atoms. The van der Waals surface area contributed by atoms with Gasteiger partial charge in [0.05, 0.1) is 12.2 Å². The Hall–Kier alpha value is -1.20. The van der Waals surface area contributed by atoms with Crippen LogP contribution in [0.5, 0.6) is 0 Å². The van der Waals surface area contributed by atoms with Gasteiger partial charge in [-0.3, -0.25) is 4.90 Å². The molecular weight excluding hydrogens is 435 g/mol. The van der Waals surface area contributed by atoms with Gasteiger partial charge in [0.25, 0.3) is 0 Å². The standard InChI is InChI=1S/C19H29NO3S.C2HF3O2/c1-15-5-9-24-18(15)10-20-13-19(14-20)17(4-8-23-19)12-22-11-16-2-6-21-7-3-16;3-2(4,5)1(6)7/h5,9,16-17H,2-4,6-8,10-14H2,1H3;(H,6,7). The van der Waals surface area contributed by atoms with Crippen molar-refractivity contribution >= 4 is 17.3 Å². The molecule has 1 spiro atoms. The van der Waals surface area contributed by atoms with Crippen LogP contribution in [0.3, 0.4) is 0 Å². The van der Waals surface area contributed by atoms with Crippen molar-refractivity contribution in [1.82, 2.24) is 4.90 Å². The van der Waals surface area contributed by atoms with E-state index in [1.165, 1.54) is 10.4 Å². The van der Waals surface area contributed by atoms with Crippen LogP contribution in [0, 0.1) is 18.8 Å². The van der Waals surface area contributed by atoms with Crippen LogP contribution in [0.4, 0.5) is 13.2 Å². The summed E-state index contributed by atoms with van der Waals surface area (Å²) in [6, 6.07) is 2.22. The summed E-state index contributed by atoms with van der Waals surface area (Å²) in [5.41, 5.74) is 1.49. The third-order valence-electron chi connectivity index (χ3n) is 6.17. The zero-order chi connectivity index (χ0) is 22.5. The highest BCUT2D eigenvalue weighted by atomic mass is 32.1. The summed E-state index contributed by atoms with van der Waals surface area (Å²) in [5, 5.41) is 9.32. The molecule has 1 N–H and O–H groups in total. The second-order valence-electron chi connectivity index (χ2n) is 8.47. The van der Waals surface area contributed by atoms with Crippen molar-refractivity contribution in [3.8, 4) is 0 Å². The molecule has 0 saturated carbocycles. The topological polar surface area (TPSA) is 68.2 Å². The fraction of sp³-hybridized carbons (Fsp3) is 0.762. The lowest BCUT2D eigenvalue weighted by atomic mass is 9.81. The van der Waals surface area contributed by atoms with Gasteiger partial charge in [-0.2, -0.15) is 13.2 Å². The number of ether oxygens (including phenoxy) is 3. The maximum atomic E-state index is 10.6. The number of halogens is 3. The van der Waals surface area contributed by atoms with Crippen LogP contribution < -0.4 is 0 Å². The lowest BCUT2D eigenvalue weighted by Crippen LogP contribution is -2.64. The van der Waals surface area contributed by atoms with Gasteiger partial charge in [-0.15, -0.1) is 11.3 Å². The van der Waals surface area contributed by atoms with Crippen LogP contribution >= 0.6 is 11.3 Å². The van der Waals surface area contributed by atoms with Crippen molar-refractivity contribution in [2.45, 2.75) is 44.5 Å². The number of thiophene rings is 1. The number of carboxylic acids is 1. The number of rotatable bonds is 6. The van der Waals surface area contributed by atoms with Crippen molar-refractivity contribution in [1.29, 1.82) is 0 Å². The SMILES string of the molecule is Cc1ccsc1CN1CC2(C1)OCCC2COCC1CCOCC1.O=C(O)C(F)(F)F. The lowest BCUT2D eigenvalue weighted by molar-refractivity contribution is -0.192. The molecule has 3 saturated heterocycles. The van der Waals surface area contributed by atoms with Gasteiger partial charge in [0.15, 0.2) is 0 Å². The fourth-order valence-corrected chi connectivity index (χ4v) is 5.20. The number of carbonyl (C=O) groups is 1. The van der Waals surface area contributed by atoms with Crippen LogP contribution in [0.25, 0.3) is 0 Å². The number of nitrogens with zero attached hydrogens (tertiary/aromatic N) is 1. The summed E-state index contributed by atoms with van der Waals surface area (Å²) in [5.74, 6) is -1.50. The Kier molecular flexibility index (Phi) is 8.37. The summed E-state index contributed by atoms with van der Waals surface area (Å²) in [4.78, 5) is 12.9. The predicted molar refractivity (Wildman–Crippen MR) is 109 cm³/mol. The molecule has 1 atom stereocenters. The molecule has 1 unspecified atom stereocenters. The van der Waals surface area contributed by atoms with Crippen molar-refractivity contribution < 1.29 is 37.3 Å². The Labute approximate surface area is 184 Å². The van der Waals surface area contributed by atoms with E-state index in [1.807, 2.05) is 11.3 Å². The molecule has 10 heteroatoms. The van der Waals surface area contributed by atoms with E-state index in [-0.39, 0.29) is 5.60 Å². The third kappa shape index (κ3) is 6.64. The normalized spacial score (nSPS) is 23.9. The van der Waals surface area contributed by atoms with E-state index in [4.69, 9.17) is 24.1 Å². The number of likely N-dealkylation sites (tertiary alicyclic amines) is 1. The van der Waals surface area contributed by atoms with E-state index in [9.17, 15) is 13.2 Å². The Morgan fingerprint density at radius 2 is 1.94 bits per heavy atom. The summed E-state index contributed by atoms with van der Waals surface area (Å²) in [6.45, 7) is 9.88. The molecule has 31 heavy (non-hydrogen) atoms. The van der Waals surface area contributed by atoms with Crippen molar-refractivity contribution in [3.63, 3.8) is 0 Å². The number of alkyl halides is 3. The van der Waals surface area contributed by atoms with Gasteiger partial charge in [0.2, 0.25) is 0 Å². The second kappa shape index (κ2) is 10.6. The highest BCUT2D eigenvalue weighted by molar-refractivity contribution is 7.10. The van der Waals surface area contributed by atoms with Crippen molar-refractivity contribution in [2.24, 2.45) is 11.8 Å². The Morgan fingerprint density at radius 3 is 2.52 bits per heavy atom. The monoisotopic (exact) mass is 465 g/mol. The van der Waals surface area contributed by atoms with Gasteiger partial charge in [0, 0.05) is 56.9 Å². The van der Waals surface area contributed by atoms with E-state index >= 15 is 0 Å². The Bertz CT molecular complexity index is 714. The highest BCUT2D eigenvalue weighted by Gasteiger charge is 2.52. The molecule has 4 rings (SSSR count). The van der Waals surface area contributed by atoms with E-state index in [1.54, 1.807) is 0 Å². The first-order chi connectivity index (χ1) is 14.7. The summed E-state index contributed by atoms with van der Waals surface area (Å²) >= 11 is 1.87. The van der Waals surface area contributed by atoms with E-state index < -0.39 is 12.1 Å². The van der Waals surface area contributed by atoms with Crippen LogP contribution in [-0.4, -0.2) is 73.9 Å². The minimum Gasteiger partial charge on any atom is -0.475 e. The molecule has 6 nitrogen and oxygen atoms in total. The van der Waals surface area contributed by atoms with Crippen LogP contribution in [0.2, 0.25) is 0 Å². The summed E-state index contributed by atoms with van der Waals surface area (Å²) in [6.07, 6.45) is -1.62. The molecule has 0 radical (unpaired) electrons. The molecule has 0 aliphatic carbocycles. The maximum absolute atomic E-state index is 10.6. The van der Waals surface area contributed by atoms with Crippen LogP contribution in [0.15, 0.2) is 11.4 Å². The van der Waals surface area contributed by atoms with Crippen LogP contribution in [0.1, 0.15) is 29.7 Å². The number of hydrogen-bond donors (Lipinski definition) is 1. The average molecular weight is 466 g/mol. The first-order valence-electron chi connectivity index (χ1n) is 10.5. The van der Waals surface area contributed by atoms with Gasteiger partial charge in [-0.1, -0.05) is 0 Å². The average Bonchev–Trinajstić information content (AvgIpc) is 3.29. The second-order valence-corrected chi connectivity index (χ2v) is 9.47. The van der Waals surface area contributed by atoms with E-state index in [2.05, 4.69) is 23.3 Å². The molecule has 1 aromatic rings. The van der Waals surface area contributed by atoms with Crippen LogP contribution in [-0.2, 0) is 25.5 Å². The highest BCUT2D eigenvalue weighted by Crippen LogP contribution is 2.41. The lowest BCUT2D eigenvalue weighted by Gasteiger charge is -2.50. The summed E-state index contributed by atoms with van der Waals surface area (Å²) in [7, 11) is 0. The maximum Gasteiger partial charge on any atom is 0.490 e. The molecule has 4 heterocycles. The molecule has 3 aliphatic rings. The zero-order valence-electron chi connectivity index (χ0n) is 17.7. The number of hydrogen-bond acceptors (Lipinski definition) is 6. The minimum absolute atomic E-state index is 0.0703. The number of carboxylic acid groups (broad SMARTS) is 1. The minimum atomic E-state index is -5.08.